The summed E-state index contributed by atoms with van der Waals surface area (Å²) in [4.78, 5) is 15.6. The first-order chi connectivity index (χ1) is 7.34. The van der Waals surface area contributed by atoms with Gasteiger partial charge in [-0.05, 0) is 24.5 Å². The third kappa shape index (κ3) is 3.13. The van der Waals surface area contributed by atoms with Crippen LogP contribution < -0.4 is 0 Å². The average Bonchev–Trinajstić information content (AvgIpc) is 2.71. The van der Waals surface area contributed by atoms with Crippen LogP contribution in [-0.4, -0.2) is 23.5 Å². The molecule has 3 nitrogen and oxygen atoms in total. The van der Waals surface area contributed by atoms with Crippen molar-refractivity contribution in [3.05, 3.63) is 30.1 Å². The van der Waals surface area contributed by atoms with Crippen molar-refractivity contribution in [3.8, 4) is 0 Å². The number of hydrogen-bond donors (Lipinski definition) is 0. The van der Waals surface area contributed by atoms with Crippen LogP contribution in [0.3, 0.4) is 0 Å². The fourth-order valence-electron chi connectivity index (χ4n) is 1.86. The molecule has 0 saturated carbocycles. The van der Waals surface area contributed by atoms with Crippen LogP contribution in [0.1, 0.15) is 24.8 Å². The van der Waals surface area contributed by atoms with Gasteiger partial charge >= 0.3 is 0 Å². The zero-order valence-corrected chi connectivity index (χ0v) is 8.69. The molecule has 1 aromatic rings. The summed E-state index contributed by atoms with van der Waals surface area (Å²) < 4.78 is 5.42. The van der Waals surface area contributed by atoms with Gasteiger partial charge in [0.05, 0.1) is 6.10 Å². The smallest absolute Gasteiger partial charge is 0.139 e. The molecule has 0 bridgehead atoms. The number of nitrogens with zero attached hydrogens (tertiary/aromatic N) is 1. The Balaban J connectivity index is 1.82. The Morgan fingerprint density at radius 3 is 3.20 bits per heavy atom. The van der Waals surface area contributed by atoms with Crippen LogP contribution in [0.2, 0.25) is 0 Å². The molecule has 1 fully saturated rings. The molecule has 1 atom stereocenters. The van der Waals surface area contributed by atoms with Crippen molar-refractivity contribution < 1.29 is 9.53 Å². The summed E-state index contributed by atoms with van der Waals surface area (Å²) in [7, 11) is 0. The van der Waals surface area contributed by atoms with E-state index in [0.717, 1.165) is 25.0 Å². The van der Waals surface area contributed by atoms with Gasteiger partial charge in [0, 0.05) is 31.8 Å². The molecule has 80 valence electrons. The number of carbonyl (C=O) groups is 1. The lowest BCUT2D eigenvalue weighted by molar-refractivity contribution is -0.120. The van der Waals surface area contributed by atoms with Gasteiger partial charge in [-0.25, -0.2) is 0 Å². The molecular weight excluding hydrogens is 190 g/mol. The molecular formula is C12H15NO2. The SMILES string of the molecule is O=C(Cc1cccnc1)CC1CCCO1. The van der Waals surface area contributed by atoms with Crippen LogP contribution in [0.15, 0.2) is 24.5 Å². The van der Waals surface area contributed by atoms with Gasteiger partial charge in [-0.3, -0.25) is 9.78 Å². The molecule has 0 amide bonds. The van der Waals surface area contributed by atoms with E-state index in [-0.39, 0.29) is 11.9 Å². The Kier molecular flexibility index (Phi) is 3.45. The Bertz CT molecular complexity index is 318. The van der Waals surface area contributed by atoms with E-state index >= 15 is 0 Å². The van der Waals surface area contributed by atoms with Gasteiger partial charge in [0.15, 0.2) is 0 Å². The van der Waals surface area contributed by atoms with Crippen molar-refractivity contribution in [3.63, 3.8) is 0 Å². The molecule has 2 heterocycles. The predicted molar refractivity (Wildman–Crippen MR) is 56.5 cm³/mol. The van der Waals surface area contributed by atoms with E-state index < -0.39 is 0 Å². The number of Topliss-reactive ketones (excluding diaryl/α,β-unsaturated/α-hetero) is 1. The van der Waals surface area contributed by atoms with Crippen LogP contribution in [0.4, 0.5) is 0 Å². The van der Waals surface area contributed by atoms with Gasteiger partial charge in [-0.15, -0.1) is 0 Å². The van der Waals surface area contributed by atoms with Crippen molar-refractivity contribution in [2.45, 2.75) is 31.8 Å². The van der Waals surface area contributed by atoms with Crippen molar-refractivity contribution in [1.29, 1.82) is 0 Å². The second-order valence-electron chi connectivity index (χ2n) is 3.92. The number of hydrogen-bond acceptors (Lipinski definition) is 3. The lowest BCUT2D eigenvalue weighted by Crippen LogP contribution is -2.14. The fraction of sp³-hybridized carbons (Fsp3) is 0.500. The molecule has 1 aliphatic heterocycles. The number of pyridine rings is 1. The van der Waals surface area contributed by atoms with Crippen molar-refractivity contribution in [2.75, 3.05) is 6.61 Å². The molecule has 0 aliphatic carbocycles. The van der Waals surface area contributed by atoms with Gasteiger partial charge in [0.2, 0.25) is 0 Å². The maximum absolute atomic E-state index is 11.7. The lowest BCUT2D eigenvalue weighted by atomic mass is 10.0. The summed E-state index contributed by atoms with van der Waals surface area (Å²) in [5.41, 5.74) is 0.987. The molecule has 2 rings (SSSR count). The van der Waals surface area contributed by atoms with Crippen molar-refractivity contribution >= 4 is 5.78 Å². The highest BCUT2D eigenvalue weighted by atomic mass is 16.5. The van der Waals surface area contributed by atoms with E-state index in [9.17, 15) is 4.79 Å². The maximum Gasteiger partial charge on any atom is 0.139 e. The quantitative estimate of drug-likeness (QED) is 0.752. The topological polar surface area (TPSA) is 39.2 Å². The van der Waals surface area contributed by atoms with E-state index in [1.54, 1.807) is 12.4 Å². The summed E-state index contributed by atoms with van der Waals surface area (Å²) in [6.07, 6.45) is 6.77. The van der Waals surface area contributed by atoms with Gasteiger partial charge in [-0.1, -0.05) is 6.07 Å². The Morgan fingerprint density at radius 1 is 1.60 bits per heavy atom. The normalized spacial score (nSPS) is 20.4. The second kappa shape index (κ2) is 5.03. The number of ether oxygens (including phenoxy) is 1. The summed E-state index contributed by atoms with van der Waals surface area (Å²) in [6.45, 7) is 0.810. The molecule has 1 aromatic heterocycles. The molecule has 1 unspecified atom stereocenters. The van der Waals surface area contributed by atoms with E-state index in [1.165, 1.54) is 0 Å². The molecule has 3 heteroatoms. The minimum absolute atomic E-state index is 0.161. The third-order valence-electron chi connectivity index (χ3n) is 2.60. The van der Waals surface area contributed by atoms with Crippen LogP contribution in [-0.2, 0) is 16.0 Å². The van der Waals surface area contributed by atoms with Gasteiger partial charge in [-0.2, -0.15) is 0 Å². The second-order valence-corrected chi connectivity index (χ2v) is 3.92. The zero-order chi connectivity index (χ0) is 10.5. The number of carbonyl (C=O) groups excluding carboxylic acids is 1. The number of aromatic nitrogens is 1. The highest BCUT2D eigenvalue weighted by molar-refractivity contribution is 5.81. The van der Waals surface area contributed by atoms with Crippen molar-refractivity contribution in [1.82, 2.24) is 4.98 Å². The van der Waals surface area contributed by atoms with Crippen LogP contribution in [0.25, 0.3) is 0 Å². The molecule has 1 aliphatic rings. The lowest BCUT2D eigenvalue weighted by Gasteiger charge is -2.07. The predicted octanol–water partition coefficient (Wildman–Crippen LogP) is 1.76. The highest BCUT2D eigenvalue weighted by Gasteiger charge is 2.18. The minimum Gasteiger partial charge on any atom is -0.378 e. The monoisotopic (exact) mass is 205 g/mol. The van der Waals surface area contributed by atoms with Crippen LogP contribution in [0, 0.1) is 0 Å². The van der Waals surface area contributed by atoms with E-state index in [4.69, 9.17) is 4.74 Å². The standard InChI is InChI=1S/C12H15NO2/c14-11(8-12-4-2-6-15-12)7-10-3-1-5-13-9-10/h1,3,5,9,12H,2,4,6-8H2. The number of ketones is 1. The Hall–Kier alpha value is -1.22. The van der Waals surface area contributed by atoms with Crippen LogP contribution in [0.5, 0.6) is 0 Å². The molecule has 0 N–H and O–H groups in total. The fourth-order valence-corrected chi connectivity index (χ4v) is 1.86. The minimum atomic E-state index is 0.161. The maximum atomic E-state index is 11.7. The molecule has 0 aromatic carbocycles. The summed E-state index contributed by atoms with van der Waals surface area (Å²) >= 11 is 0. The van der Waals surface area contributed by atoms with Gasteiger partial charge in [0.25, 0.3) is 0 Å². The average molecular weight is 205 g/mol. The van der Waals surface area contributed by atoms with Gasteiger partial charge in [0.1, 0.15) is 5.78 Å². The summed E-state index contributed by atoms with van der Waals surface area (Å²) in [5.74, 6) is 0.245. The molecule has 15 heavy (non-hydrogen) atoms. The Labute approximate surface area is 89.5 Å². The molecule has 0 radical (unpaired) electrons. The van der Waals surface area contributed by atoms with Gasteiger partial charge < -0.3 is 4.74 Å². The van der Waals surface area contributed by atoms with E-state index in [1.807, 2.05) is 12.1 Å². The highest BCUT2D eigenvalue weighted by Crippen LogP contribution is 2.16. The van der Waals surface area contributed by atoms with E-state index in [0.29, 0.717) is 12.8 Å². The first kappa shape index (κ1) is 10.3. The first-order valence-electron chi connectivity index (χ1n) is 5.37. The van der Waals surface area contributed by atoms with E-state index in [2.05, 4.69) is 4.98 Å². The third-order valence-corrected chi connectivity index (χ3v) is 2.60. The summed E-state index contributed by atoms with van der Waals surface area (Å²) in [5, 5.41) is 0. The summed E-state index contributed by atoms with van der Waals surface area (Å²) in [6, 6.07) is 3.79. The Morgan fingerprint density at radius 2 is 2.53 bits per heavy atom. The number of rotatable bonds is 4. The van der Waals surface area contributed by atoms with Crippen LogP contribution >= 0.6 is 0 Å². The van der Waals surface area contributed by atoms with Crippen molar-refractivity contribution in [2.24, 2.45) is 0 Å². The largest absolute Gasteiger partial charge is 0.378 e. The zero-order valence-electron chi connectivity index (χ0n) is 8.69. The first-order valence-corrected chi connectivity index (χ1v) is 5.37. The molecule has 1 saturated heterocycles. The molecule has 0 spiro atoms.